The number of halogens is 1. The number of carbonyl (C=O) groups is 2. The van der Waals surface area contributed by atoms with E-state index in [1.54, 1.807) is 39.2 Å². The van der Waals surface area contributed by atoms with E-state index in [-0.39, 0.29) is 24.2 Å². The number of likely N-dealkylation sites (tertiary alicyclic amines) is 1. The van der Waals surface area contributed by atoms with Crippen LogP contribution in [-0.2, 0) is 16.1 Å². The molecule has 1 aliphatic rings. The fourth-order valence-electron chi connectivity index (χ4n) is 2.65. The van der Waals surface area contributed by atoms with Gasteiger partial charge in [0.1, 0.15) is 12.4 Å². The molecule has 24 heavy (non-hydrogen) atoms. The van der Waals surface area contributed by atoms with E-state index >= 15 is 0 Å². The Morgan fingerprint density at radius 3 is 2.92 bits per heavy atom. The Kier molecular flexibility index (Phi) is 5.20. The number of amides is 2. The van der Waals surface area contributed by atoms with E-state index < -0.39 is 0 Å². The Balaban J connectivity index is 1.74. The molecule has 5 nitrogen and oxygen atoms in total. The molecule has 2 aromatic rings. The van der Waals surface area contributed by atoms with Crippen molar-refractivity contribution in [3.8, 4) is 0 Å². The first-order chi connectivity index (χ1) is 11.6. The lowest BCUT2D eigenvalue weighted by molar-refractivity contribution is -0.137. The average molecular weight is 347 g/mol. The zero-order valence-corrected chi connectivity index (χ0v) is 14.0. The van der Waals surface area contributed by atoms with Gasteiger partial charge in [-0.1, -0.05) is 18.2 Å². The van der Waals surface area contributed by atoms with Gasteiger partial charge in [-0.2, -0.15) is 4.99 Å². The summed E-state index contributed by atoms with van der Waals surface area (Å²) >= 11 is 1.32. The van der Waals surface area contributed by atoms with Crippen LogP contribution in [0.25, 0.3) is 0 Å². The van der Waals surface area contributed by atoms with E-state index in [2.05, 4.69) is 4.99 Å². The maximum atomic E-state index is 13.8. The summed E-state index contributed by atoms with van der Waals surface area (Å²) in [5.41, 5.74) is 0.538. The number of thiazole rings is 1. The number of hydrogen-bond acceptors (Lipinski definition) is 3. The lowest BCUT2D eigenvalue weighted by Gasteiger charge is -2.24. The molecule has 126 valence electrons. The SMILES string of the molecule is O=C(CN1CCCCC1=O)N=c1sccn1Cc1ccccc1F. The molecule has 7 heteroatoms. The van der Waals surface area contributed by atoms with Crippen LogP contribution >= 0.6 is 11.3 Å². The summed E-state index contributed by atoms with van der Waals surface area (Å²) in [6, 6.07) is 6.53. The average Bonchev–Trinajstić information content (AvgIpc) is 2.99. The molecule has 0 atom stereocenters. The van der Waals surface area contributed by atoms with Crippen LogP contribution in [0.5, 0.6) is 0 Å². The molecule has 0 spiro atoms. The van der Waals surface area contributed by atoms with Crippen molar-refractivity contribution in [2.24, 2.45) is 4.99 Å². The van der Waals surface area contributed by atoms with Crippen LogP contribution in [0.2, 0.25) is 0 Å². The summed E-state index contributed by atoms with van der Waals surface area (Å²) in [5, 5.41) is 1.80. The van der Waals surface area contributed by atoms with Crippen LogP contribution < -0.4 is 4.80 Å². The summed E-state index contributed by atoms with van der Waals surface area (Å²) in [6.45, 7) is 0.932. The maximum absolute atomic E-state index is 13.8. The monoisotopic (exact) mass is 347 g/mol. The smallest absolute Gasteiger partial charge is 0.267 e. The Bertz CT molecular complexity index is 812. The molecule has 1 saturated heterocycles. The molecule has 0 aliphatic carbocycles. The van der Waals surface area contributed by atoms with Crippen molar-refractivity contribution in [1.82, 2.24) is 9.47 Å². The number of carbonyl (C=O) groups excluding carboxylic acids is 2. The minimum Gasteiger partial charge on any atom is -0.333 e. The van der Waals surface area contributed by atoms with Crippen molar-refractivity contribution >= 4 is 23.2 Å². The Morgan fingerprint density at radius 1 is 1.29 bits per heavy atom. The van der Waals surface area contributed by atoms with Crippen LogP contribution in [0.4, 0.5) is 4.39 Å². The summed E-state index contributed by atoms with van der Waals surface area (Å²) in [7, 11) is 0. The molecule has 0 bridgehead atoms. The van der Waals surface area contributed by atoms with Gasteiger partial charge in [0.05, 0.1) is 6.54 Å². The molecule has 1 fully saturated rings. The van der Waals surface area contributed by atoms with Gasteiger partial charge in [-0.15, -0.1) is 11.3 Å². The molecule has 2 heterocycles. The molecule has 1 aromatic heterocycles. The number of benzene rings is 1. The molecular formula is C17H18FN3O2S. The Labute approximate surface area is 143 Å². The van der Waals surface area contributed by atoms with Crippen molar-refractivity contribution in [3.63, 3.8) is 0 Å². The first kappa shape index (κ1) is 16.6. The van der Waals surface area contributed by atoms with Crippen molar-refractivity contribution in [2.45, 2.75) is 25.8 Å². The van der Waals surface area contributed by atoms with Crippen molar-refractivity contribution in [3.05, 3.63) is 52.0 Å². The fraction of sp³-hybridized carbons (Fsp3) is 0.353. The largest absolute Gasteiger partial charge is 0.333 e. The van der Waals surface area contributed by atoms with Crippen molar-refractivity contribution in [1.29, 1.82) is 0 Å². The van der Waals surface area contributed by atoms with Gasteiger partial charge in [0.2, 0.25) is 5.91 Å². The predicted molar refractivity (Wildman–Crippen MR) is 88.8 cm³/mol. The first-order valence-corrected chi connectivity index (χ1v) is 8.74. The molecular weight excluding hydrogens is 329 g/mol. The van der Waals surface area contributed by atoms with E-state index in [0.717, 1.165) is 12.8 Å². The number of nitrogens with zero attached hydrogens (tertiary/aromatic N) is 3. The van der Waals surface area contributed by atoms with Gasteiger partial charge in [0.15, 0.2) is 4.80 Å². The number of aromatic nitrogens is 1. The second-order valence-electron chi connectivity index (χ2n) is 5.68. The second kappa shape index (κ2) is 7.53. The molecule has 0 unspecified atom stereocenters. The van der Waals surface area contributed by atoms with Gasteiger partial charge in [-0.25, -0.2) is 4.39 Å². The highest BCUT2D eigenvalue weighted by atomic mass is 32.1. The highest BCUT2D eigenvalue weighted by Gasteiger charge is 2.20. The van der Waals surface area contributed by atoms with Crippen LogP contribution in [0.1, 0.15) is 24.8 Å². The third-order valence-corrected chi connectivity index (χ3v) is 4.72. The van der Waals surface area contributed by atoms with Gasteiger partial charge < -0.3 is 9.47 Å². The van der Waals surface area contributed by atoms with Gasteiger partial charge in [-0.05, 0) is 18.9 Å². The maximum Gasteiger partial charge on any atom is 0.267 e. The van der Waals surface area contributed by atoms with Crippen LogP contribution in [0.15, 0.2) is 40.8 Å². The van der Waals surface area contributed by atoms with E-state index in [1.165, 1.54) is 17.4 Å². The summed E-state index contributed by atoms with van der Waals surface area (Å²) in [6.07, 6.45) is 4.08. The topological polar surface area (TPSA) is 54.7 Å². The standard InChI is InChI=1S/C17H18FN3O2S/c18-14-6-2-1-5-13(14)11-21-9-10-24-17(21)19-15(22)12-20-8-4-3-7-16(20)23/h1-2,5-6,9-10H,3-4,7-8,11-12H2. The highest BCUT2D eigenvalue weighted by molar-refractivity contribution is 7.07. The summed E-state index contributed by atoms with van der Waals surface area (Å²) in [5.74, 6) is -0.627. The molecule has 1 aromatic carbocycles. The molecule has 0 saturated carbocycles. The first-order valence-electron chi connectivity index (χ1n) is 7.86. The lowest BCUT2D eigenvalue weighted by atomic mass is 10.1. The molecule has 3 rings (SSSR count). The van der Waals surface area contributed by atoms with Crippen LogP contribution in [-0.4, -0.2) is 34.4 Å². The quantitative estimate of drug-likeness (QED) is 0.851. The van der Waals surface area contributed by atoms with Crippen LogP contribution in [0, 0.1) is 5.82 Å². The van der Waals surface area contributed by atoms with Gasteiger partial charge in [-0.3, -0.25) is 9.59 Å². The van der Waals surface area contributed by atoms with Crippen molar-refractivity contribution < 1.29 is 14.0 Å². The van der Waals surface area contributed by atoms with E-state index in [0.29, 0.717) is 29.9 Å². The number of piperidine rings is 1. The van der Waals surface area contributed by atoms with E-state index in [9.17, 15) is 14.0 Å². The summed E-state index contributed by atoms with van der Waals surface area (Å²) in [4.78, 5) is 30.1. The highest BCUT2D eigenvalue weighted by Crippen LogP contribution is 2.10. The minimum atomic E-state index is -0.352. The predicted octanol–water partition coefficient (Wildman–Crippen LogP) is 2.18. The van der Waals surface area contributed by atoms with E-state index in [1.807, 2.05) is 0 Å². The Morgan fingerprint density at radius 2 is 2.12 bits per heavy atom. The molecule has 0 radical (unpaired) electrons. The molecule has 1 aliphatic heterocycles. The number of hydrogen-bond donors (Lipinski definition) is 0. The minimum absolute atomic E-state index is 0.00946. The summed E-state index contributed by atoms with van der Waals surface area (Å²) < 4.78 is 15.5. The molecule has 2 amide bonds. The second-order valence-corrected chi connectivity index (χ2v) is 6.56. The zero-order valence-electron chi connectivity index (χ0n) is 13.2. The van der Waals surface area contributed by atoms with E-state index in [4.69, 9.17) is 0 Å². The third-order valence-electron chi connectivity index (χ3n) is 3.93. The fourth-order valence-corrected chi connectivity index (χ4v) is 3.40. The van der Waals surface area contributed by atoms with Crippen LogP contribution in [0.3, 0.4) is 0 Å². The third kappa shape index (κ3) is 3.97. The zero-order chi connectivity index (χ0) is 16.9. The van der Waals surface area contributed by atoms with Gasteiger partial charge in [0, 0.05) is 30.1 Å². The molecule has 0 N–H and O–H groups in total. The van der Waals surface area contributed by atoms with Gasteiger partial charge >= 0.3 is 0 Å². The lowest BCUT2D eigenvalue weighted by Crippen LogP contribution is -2.39. The number of rotatable bonds is 4. The van der Waals surface area contributed by atoms with Crippen molar-refractivity contribution in [2.75, 3.05) is 13.1 Å². The normalized spacial score (nSPS) is 15.8. The Hall–Kier alpha value is -2.28. The van der Waals surface area contributed by atoms with Gasteiger partial charge in [0.25, 0.3) is 5.91 Å².